The van der Waals surface area contributed by atoms with Gasteiger partial charge in [-0.15, -0.1) is 0 Å². The van der Waals surface area contributed by atoms with Crippen molar-refractivity contribution in [3.05, 3.63) is 0 Å². The van der Waals surface area contributed by atoms with E-state index < -0.39 is 0 Å². The van der Waals surface area contributed by atoms with Gasteiger partial charge >= 0.3 is 0 Å². The van der Waals surface area contributed by atoms with Gasteiger partial charge in [0.15, 0.2) is 0 Å². The van der Waals surface area contributed by atoms with Crippen LogP contribution in [0.15, 0.2) is 0 Å². The van der Waals surface area contributed by atoms with Crippen LogP contribution >= 0.6 is 9.39 Å². The standard InChI is InChI=1S/C8H20N3P/c1-10(9)8-4-2-6-11(12)7-3-5-8/h8H,2-7,9,12H2,1H3. The highest BCUT2D eigenvalue weighted by molar-refractivity contribution is 7.13. The summed E-state index contributed by atoms with van der Waals surface area (Å²) in [5.41, 5.74) is 0. The van der Waals surface area contributed by atoms with E-state index in [2.05, 4.69) is 14.1 Å². The number of hydrazine groups is 1. The van der Waals surface area contributed by atoms with Crippen LogP contribution in [-0.4, -0.2) is 35.9 Å². The van der Waals surface area contributed by atoms with Crippen molar-refractivity contribution in [2.75, 3.05) is 20.1 Å². The topological polar surface area (TPSA) is 32.5 Å². The molecule has 4 heteroatoms. The van der Waals surface area contributed by atoms with E-state index in [0.29, 0.717) is 6.04 Å². The maximum atomic E-state index is 5.74. The molecule has 12 heavy (non-hydrogen) atoms. The van der Waals surface area contributed by atoms with Crippen LogP contribution in [0.1, 0.15) is 25.7 Å². The quantitative estimate of drug-likeness (QED) is 0.376. The molecule has 0 saturated carbocycles. The lowest BCUT2D eigenvalue weighted by Gasteiger charge is -2.28. The summed E-state index contributed by atoms with van der Waals surface area (Å²) in [5, 5.41) is 1.87. The zero-order valence-corrected chi connectivity index (χ0v) is 9.02. The third kappa shape index (κ3) is 3.36. The molecule has 0 radical (unpaired) electrons. The highest BCUT2D eigenvalue weighted by Crippen LogP contribution is 2.15. The van der Waals surface area contributed by atoms with Crippen molar-refractivity contribution >= 4 is 9.39 Å². The Hall–Kier alpha value is 0.310. The predicted molar refractivity (Wildman–Crippen MR) is 55.5 cm³/mol. The minimum Gasteiger partial charge on any atom is -0.287 e. The number of hydrogen-bond donors (Lipinski definition) is 1. The Kier molecular flexibility index (Phi) is 4.44. The predicted octanol–water partition coefficient (Wildman–Crippen LogP) is 0.827. The summed E-state index contributed by atoms with van der Waals surface area (Å²) in [5.74, 6) is 5.74. The van der Waals surface area contributed by atoms with E-state index >= 15 is 0 Å². The fraction of sp³-hybridized carbons (Fsp3) is 1.00. The first kappa shape index (κ1) is 10.4. The van der Waals surface area contributed by atoms with Gasteiger partial charge in [-0.05, 0) is 25.7 Å². The summed E-state index contributed by atoms with van der Waals surface area (Å²) in [6.07, 6.45) is 4.99. The molecule has 0 aromatic heterocycles. The molecule has 2 N–H and O–H groups in total. The zero-order valence-electron chi connectivity index (χ0n) is 7.87. The molecule has 0 aromatic rings. The average molecular weight is 189 g/mol. The SMILES string of the molecule is CN(N)C1CCCN(P)CCC1. The molecule has 0 aliphatic carbocycles. The number of nitrogens with zero attached hydrogens (tertiary/aromatic N) is 2. The maximum Gasteiger partial charge on any atom is 0.0239 e. The van der Waals surface area contributed by atoms with Crippen molar-refractivity contribution in [1.29, 1.82) is 0 Å². The van der Waals surface area contributed by atoms with Gasteiger partial charge in [0.2, 0.25) is 0 Å². The van der Waals surface area contributed by atoms with Gasteiger partial charge in [-0.25, -0.2) is 5.01 Å². The highest BCUT2D eigenvalue weighted by Gasteiger charge is 2.14. The monoisotopic (exact) mass is 189 g/mol. The summed E-state index contributed by atoms with van der Waals surface area (Å²) in [4.78, 5) is 0. The van der Waals surface area contributed by atoms with Gasteiger partial charge in [0.25, 0.3) is 0 Å². The molecule has 1 fully saturated rings. The summed E-state index contributed by atoms with van der Waals surface area (Å²) in [6.45, 7) is 2.38. The van der Waals surface area contributed by atoms with Gasteiger partial charge in [0.05, 0.1) is 0 Å². The molecular formula is C8H20N3P. The first-order valence-corrected chi connectivity index (χ1v) is 5.19. The second kappa shape index (κ2) is 5.13. The van der Waals surface area contributed by atoms with E-state index in [1.165, 1.54) is 38.8 Å². The Balaban J connectivity index is 2.30. The van der Waals surface area contributed by atoms with Gasteiger partial charge in [0, 0.05) is 26.2 Å². The maximum absolute atomic E-state index is 5.74. The summed E-state index contributed by atoms with van der Waals surface area (Å²) < 4.78 is 2.33. The van der Waals surface area contributed by atoms with Crippen molar-refractivity contribution < 1.29 is 0 Å². The third-order valence-electron chi connectivity index (χ3n) is 2.54. The molecule has 0 amide bonds. The summed E-state index contributed by atoms with van der Waals surface area (Å²) in [7, 11) is 4.76. The smallest absolute Gasteiger partial charge is 0.0239 e. The Morgan fingerprint density at radius 2 is 1.83 bits per heavy atom. The molecule has 0 aromatic carbocycles. The van der Waals surface area contributed by atoms with E-state index in [-0.39, 0.29) is 0 Å². The van der Waals surface area contributed by atoms with Crippen molar-refractivity contribution in [3.63, 3.8) is 0 Å². The minimum atomic E-state index is 0.601. The van der Waals surface area contributed by atoms with E-state index in [0.717, 1.165) is 0 Å². The lowest BCUT2D eigenvalue weighted by atomic mass is 10.0. The summed E-state index contributed by atoms with van der Waals surface area (Å²) >= 11 is 0. The normalized spacial score (nSPS) is 24.0. The molecular weight excluding hydrogens is 169 g/mol. The largest absolute Gasteiger partial charge is 0.287 e. The van der Waals surface area contributed by atoms with Crippen LogP contribution in [-0.2, 0) is 0 Å². The van der Waals surface area contributed by atoms with Gasteiger partial charge in [0.1, 0.15) is 0 Å². The van der Waals surface area contributed by atoms with E-state index in [1.807, 2.05) is 12.1 Å². The zero-order chi connectivity index (χ0) is 8.97. The molecule has 1 heterocycles. The van der Waals surface area contributed by atoms with Crippen LogP contribution in [0.5, 0.6) is 0 Å². The Morgan fingerprint density at radius 3 is 2.25 bits per heavy atom. The van der Waals surface area contributed by atoms with E-state index in [1.54, 1.807) is 0 Å². The van der Waals surface area contributed by atoms with Gasteiger partial charge in [-0.1, -0.05) is 9.39 Å². The Morgan fingerprint density at radius 1 is 1.33 bits per heavy atom. The molecule has 0 spiro atoms. The van der Waals surface area contributed by atoms with Crippen LogP contribution in [0.2, 0.25) is 0 Å². The van der Waals surface area contributed by atoms with Crippen LogP contribution in [0.4, 0.5) is 0 Å². The first-order valence-electron chi connectivity index (χ1n) is 4.67. The highest BCUT2D eigenvalue weighted by atomic mass is 31.0. The first-order chi connectivity index (χ1) is 5.70. The van der Waals surface area contributed by atoms with E-state index in [9.17, 15) is 0 Å². The third-order valence-corrected chi connectivity index (χ3v) is 3.06. The minimum absolute atomic E-state index is 0.601. The molecule has 1 atom stereocenters. The number of rotatable bonds is 1. The molecule has 1 rings (SSSR count). The molecule has 3 nitrogen and oxygen atoms in total. The number of hydrogen-bond acceptors (Lipinski definition) is 3. The van der Waals surface area contributed by atoms with E-state index in [4.69, 9.17) is 5.84 Å². The Labute approximate surface area is 77.5 Å². The van der Waals surface area contributed by atoms with Crippen molar-refractivity contribution in [2.24, 2.45) is 5.84 Å². The van der Waals surface area contributed by atoms with Crippen LogP contribution in [0.3, 0.4) is 0 Å². The molecule has 1 unspecified atom stereocenters. The molecule has 1 aliphatic heterocycles. The fourth-order valence-corrected chi connectivity index (χ4v) is 2.09. The van der Waals surface area contributed by atoms with Gasteiger partial charge in [-0.2, -0.15) is 0 Å². The fourth-order valence-electron chi connectivity index (χ4n) is 1.72. The summed E-state index contributed by atoms with van der Waals surface area (Å²) in [6, 6.07) is 0.601. The second-order valence-corrected chi connectivity index (χ2v) is 4.37. The average Bonchev–Trinajstić information content (AvgIpc) is 1.95. The van der Waals surface area contributed by atoms with Gasteiger partial charge < -0.3 is 0 Å². The second-order valence-electron chi connectivity index (χ2n) is 3.64. The van der Waals surface area contributed by atoms with Crippen molar-refractivity contribution in [1.82, 2.24) is 9.68 Å². The molecule has 72 valence electrons. The van der Waals surface area contributed by atoms with Gasteiger partial charge in [-0.3, -0.25) is 10.5 Å². The lowest BCUT2D eigenvalue weighted by Crippen LogP contribution is -2.39. The molecule has 0 bridgehead atoms. The Bertz CT molecular complexity index is 119. The van der Waals surface area contributed by atoms with Crippen LogP contribution < -0.4 is 5.84 Å². The van der Waals surface area contributed by atoms with Crippen LogP contribution in [0, 0.1) is 0 Å². The number of nitrogens with two attached hydrogens (primary N) is 1. The van der Waals surface area contributed by atoms with Crippen LogP contribution in [0.25, 0.3) is 0 Å². The molecule has 1 aliphatic rings. The van der Waals surface area contributed by atoms with Crippen molar-refractivity contribution in [2.45, 2.75) is 31.7 Å². The lowest BCUT2D eigenvalue weighted by molar-refractivity contribution is 0.199. The molecule has 1 saturated heterocycles. The van der Waals surface area contributed by atoms with Crippen molar-refractivity contribution in [3.8, 4) is 0 Å².